The summed E-state index contributed by atoms with van der Waals surface area (Å²) in [4.78, 5) is 6.93. The maximum absolute atomic E-state index is 13.3. The maximum atomic E-state index is 13.3. The third-order valence-electron chi connectivity index (χ3n) is 6.15. The van der Waals surface area contributed by atoms with Gasteiger partial charge in [-0.15, -0.1) is 0 Å². The molecule has 3 aromatic rings. The number of furan rings is 1. The van der Waals surface area contributed by atoms with Crippen LogP contribution in [0.1, 0.15) is 55.6 Å². The van der Waals surface area contributed by atoms with Crippen molar-refractivity contribution in [2.75, 3.05) is 0 Å². The zero-order valence-corrected chi connectivity index (χ0v) is 17.4. The van der Waals surface area contributed by atoms with Crippen LogP contribution in [0.15, 0.2) is 65.2 Å². The normalized spacial score (nSPS) is 22.3. The first-order valence-electron chi connectivity index (χ1n) is 10.6. The van der Waals surface area contributed by atoms with Gasteiger partial charge in [-0.25, -0.2) is 4.39 Å². The highest BCUT2D eigenvalue weighted by Crippen LogP contribution is 2.43. The topological polar surface area (TPSA) is 41.3 Å². The van der Waals surface area contributed by atoms with E-state index in [-0.39, 0.29) is 17.9 Å². The molecule has 1 saturated carbocycles. The molecule has 3 heterocycles. The summed E-state index contributed by atoms with van der Waals surface area (Å²) in [6, 6.07) is 16.6. The van der Waals surface area contributed by atoms with Gasteiger partial charge in [-0.05, 0) is 73.6 Å². The van der Waals surface area contributed by atoms with Gasteiger partial charge in [0.05, 0.1) is 11.7 Å². The van der Waals surface area contributed by atoms with E-state index in [0.717, 1.165) is 40.7 Å². The number of aromatic nitrogens is 1. The minimum absolute atomic E-state index is 0.0651. The van der Waals surface area contributed by atoms with E-state index in [0.29, 0.717) is 6.04 Å². The van der Waals surface area contributed by atoms with Crippen molar-refractivity contribution in [3.05, 3.63) is 78.1 Å². The molecule has 2 aromatic heterocycles. The van der Waals surface area contributed by atoms with Crippen LogP contribution in [0.3, 0.4) is 0 Å². The summed E-state index contributed by atoms with van der Waals surface area (Å²) >= 11 is 5.79. The third-order valence-corrected chi connectivity index (χ3v) is 6.48. The van der Waals surface area contributed by atoms with Crippen molar-refractivity contribution in [3.8, 4) is 11.3 Å². The maximum Gasteiger partial charge on any atom is 0.170 e. The molecule has 6 heteroatoms. The molecule has 1 aliphatic carbocycles. The van der Waals surface area contributed by atoms with Gasteiger partial charge in [-0.3, -0.25) is 4.98 Å². The van der Waals surface area contributed by atoms with Crippen LogP contribution in [0.2, 0.25) is 0 Å². The van der Waals surface area contributed by atoms with Crippen LogP contribution in [0.25, 0.3) is 11.3 Å². The van der Waals surface area contributed by atoms with Crippen LogP contribution in [-0.4, -0.2) is 21.0 Å². The Balaban J connectivity index is 1.53. The number of hydrogen-bond acceptors (Lipinski definition) is 3. The highest BCUT2D eigenvalue weighted by atomic mass is 32.1. The van der Waals surface area contributed by atoms with Gasteiger partial charge in [0, 0.05) is 17.8 Å². The molecule has 1 saturated heterocycles. The molecule has 2 atom stereocenters. The molecule has 2 fully saturated rings. The molecule has 1 aliphatic heterocycles. The quantitative estimate of drug-likeness (QED) is 0.540. The van der Waals surface area contributed by atoms with E-state index in [1.54, 1.807) is 12.1 Å². The molecule has 0 spiro atoms. The summed E-state index contributed by atoms with van der Waals surface area (Å²) in [6.07, 6.45) is 7.83. The Morgan fingerprint density at radius 3 is 2.53 bits per heavy atom. The number of rotatable bonds is 4. The van der Waals surface area contributed by atoms with E-state index in [9.17, 15) is 4.39 Å². The fraction of sp³-hybridized carbons (Fsp3) is 0.333. The highest BCUT2D eigenvalue weighted by molar-refractivity contribution is 7.80. The van der Waals surface area contributed by atoms with E-state index >= 15 is 0 Å². The minimum Gasteiger partial charge on any atom is -0.459 e. The number of thiocarbonyl (C=S) groups is 1. The first-order valence-corrected chi connectivity index (χ1v) is 11.0. The lowest BCUT2D eigenvalue weighted by atomic mass is 9.92. The first kappa shape index (κ1) is 19.2. The Hall–Kier alpha value is -2.73. The monoisotopic (exact) mass is 421 g/mol. The van der Waals surface area contributed by atoms with E-state index < -0.39 is 0 Å². The third kappa shape index (κ3) is 3.60. The molecule has 154 valence electrons. The second-order valence-corrected chi connectivity index (χ2v) is 8.42. The van der Waals surface area contributed by atoms with Crippen molar-refractivity contribution in [3.63, 3.8) is 0 Å². The van der Waals surface area contributed by atoms with Crippen LogP contribution >= 0.6 is 12.2 Å². The van der Waals surface area contributed by atoms with E-state index in [1.165, 1.54) is 31.4 Å². The Labute approximate surface area is 181 Å². The number of pyridine rings is 1. The predicted molar refractivity (Wildman–Crippen MR) is 118 cm³/mol. The summed E-state index contributed by atoms with van der Waals surface area (Å²) in [7, 11) is 0. The molecule has 1 N–H and O–H groups in total. The van der Waals surface area contributed by atoms with Crippen molar-refractivity contribution >= 4 is 17.3 Å². The van der Waals surface area contributed by atoms with E-state index in [1.807, 2.05) is 36.5 Å². The molecule has 1 aromatic carbocycles. The van der Waals surface area contributed by atoms with Gasteiger partial charge in [0.1, 0.15) is 23.4 Å². The summed E-state index contributed by atoms with van der Waals surface area (Å²) in [5.74, 6) is 1.32. The van der Waals surface area contributed by atoms with Crippen LogP contribution in [-0.2, 0) is 0 Å². The molecule has 0 radical (unpaired) electrons. The van der Waals surface area contributed by atoms with Gasteiger partial charge in [0.15, 0.2) is 5.11 Å². The van der Waals surface area contributed by atoms with Gasteiger partial charge >= 0.3 is 0 Å². The lowest BCUT2D eigenvalue weighted by Gasteiger charge is -2.36. The van der Waals surface area contributed by atoms with Gasteiger partial charge in [0.2, 0.25) is 0 Å². The number of halogens is 1. The van der Waals surface area contributed by atoms with E-state index in [2.05, 4.69) is 15.2 Å². The zero-order chi connectivity index (χ0) is 20.5. The van der Waals surface area contributed by atoms with Crippen LogP contribution in [0.5, 0.6) is 0 Å². The van der Waals surface area contributed by atoms with Gasteiger partial charge in [0.25, 0.3) is 0 Å². The SMILES string of the molecule is Fc1ccc(-c2ccc([C@H]3[C@H](c4ccccn4)NC(=S)N3C3CCCCC3)o2)cc1. The average Bonchev–Trinajstić information content (AvgIpc) is 3.40. The zero-order valence-electron chi connectivity index (χ0n) is 16.6. The molecule has 0 amide bonds. The fourth-order valence-corrected chi connectivity index (χ4v) is 5.09. The molecule has 30 heavy (non-hydrogen) atoms. The Morgan fingerprint density at radius 2 is 1.80 bits per heavy atom. The number of nitrogens with zero attached hydrogens (tertiary/aromatic N) is 2. The molecule has 2 aliphatic rings. The van der Waals surface area contributed by atoms with Crippen molar-refractivity contribution in [1.29, 1.82) is 0 Å². The molecule has 4 nitrogen and oxygen atoms in total. The number of benzene rings is 1. The van der Waals surface area contributed by atoms with Crippen molar-refractivity contribution in [2.24, 2.45) is 0 Å². The van der Waals surface area contributed by atoms with Gasteiger partial charge in [-0.2, -0.15) is 0 Å². The van der Waals surface area contributed by atoms with Crippen molar-refractivity contribution < 1.29 is 8.81 Å². The molecular formula is C24H24FN3OS. The highest BCUT2D eigenvalue weighted by Gasteiger charge is 2.44. The van der Waals surface area contributed by atoms with E-state index in [4.69, 9.17) is 16.6 Å². The standard InChI is InChI=1S/C24H24FN3OS/c25-17-11-9-16(10-12-17)20-13-14-21(29-20)23-22(19-8-4-5-15-26-19)27-24(30)28(23)18-6-2-1-3-7-18/h4-5,8-15,18,22-23H,1-3,6-7H2,(H,27,30)/t22-,23-/m0/s1. The average molecular weight is 422 g/mol. The van der Waals surface area contributed by atoms with Crippen LogP contribution < -0.4 is 5.32 Å². The summed E-state index contributed by atoms with van der Waals surface area (Å²) < 4.78 is 19.6. The first-order chi connectivity index (χ1) is 14.7. The Kier molecular flexibility index (Phi) is 5.25. The Bertz CT molecular complexity index is 1010. The number of nitrogens with one attached hydrogen (secondary N) is 1. The Morgan fingerprint density at radius 1 is 1.00 bits per heavy atom. The summed E-state index contributed by atoms with van der Waals surface area (Å²) in [5, 5.41) is 4.27. The molecular weight excluding hydrogens is 397 g/mol. The second kappa shape index (κ2) is 8.19. The van der Waals surface area contributed by atoms with Gasteiger partial charge < -0.3 is 14.6 Å². The lowest BCUT2D eigenvalue weighted by molar-refractivity contribution is 0.179. The lowest BCUT2D eigenvalue weighted by Crippen LogP contribution is -2.40. The summed E-state index contributed by atoms with van der Waals surface area (Å²) in [5.41, 5.74) is 1.80. The van der Waals surface area contributed by atoms with Gasteiger partial charge in [-0.1, -0.05) is 25.3 Å². The smallest absolute Gasteiger partial charge is 0.170 e. The van der Waals surface area contributed by atoms with Crippen molar-refractivity contribution in [2.45, 2.75) is 50.2 Å². The van der Waals surface area contributed by atoms with Crippen LogP contribution in [0, 0.1) is 5.82 Å². The number of hydrogen-bond donors (Lipinski definition) is 1. The molecule has 0 bridgehead atoms. The molecule has 0 unspecified atom stereocenters. The molecule has 5 rings (SSSR count). The minimum atomic E-state index is -0.255. The predicted octanol–water partition coefficient (Wildman–Crippen LogP) is 5.79. The van der Waals surface area contributed by atoms with Crippen LogP contribution in [0.4, 0.5) is 4.39 Å². The fourth-order valence-electron chi connectivity index (χ4n) is 4.70. The largest absolute Gasteiger partial charge is 0.459 e. The van der Waals surface area contributed by atoms with Crippen molar-refractivity contribution in [1.82, 2.24) is 15.2 Å². The second-order valence-electron chi connectivity index (χ2n) is 8.03. The summed E-state index contributed by atoms with van der Waals surface area (Å²) in [6.45, 7) is 0.